The van der Waals surface area contributed by atoms with Crippen LogP contribution >= 0.6 is 0 Å². The maximum absolute atomic E-state index is 12.8. The quantitative estimate of drug-likeness (QED) is 0.0476. The van der Waals surface area contributed by atoms with Gasteiger partial charge < -0.3 is 25.7 Å². The molecule has 0 aliphatic rings. The van der Waals surface area contributed by atoms with Crippen LogP contribution in [0.3, 0.4) is 0 Å². The van der Waals surface area contributed by atoms with E-state index in [1.165, 1.54) is 128 Å². The topological polar surface area (TPSA) is 105 Å². The van der Waals surface area contributed by atoms with Crippen molar-refractivity contribution in [1.82, 2.24) is 20.4 Å². The summed E-state index contributed by atoms with van der Waals surface area (Å²) in [6.45, 7) is 12.4. The molecule has 0 heterocycles. The van der Waals surface area contributed by atoms with Gasteiger partial charge in [0.1, 0.15) is 0 Å². The van der Waals surface area contributed by atoms with E-state index < -0.39 is 0 Å². The minimum absolute atomic E-state index is 0.0405. The zero-order valence-electron chi connectivity index (χ0n) is 33.8. The van der Waals surface area contributed by atoms with Gasteiger partial charge in [0.05, 0.1) is 13.2 Å². The lowest BCUT2D eigenvalue weighted by Gasteiger charge is -2.27. The number of nitrogens with zero attached hydrogens (tertiary/aromatic N) is 2. The molecule has 298 valence electrons. The number of aliphatic hydroxyl groups is 2. The third-order valence-electron chi connectivity index (χ3n) is 10.2. The summed E-state index contributed by atoms with van der Waals surface area (Å²) in [5.41, 5.74) is 0. The van der Waals surface area contributed by atoms with Crippen molar-refractivity contribution in [3.8, 4) is 0 Å². The van der Waals surface area contributed by atoms with E-state index in [0.29, 0.717) is 52.1 Å². The van der Waals surface area contributed by atoms with E-state index in [0.717, 1.165) is 25.7 Å². The van der Waals surface area contributed by atoms with Crippen molar-refractivity contribution in [2.45, 2.75) is 207 Å². The Balaban J connectivity index is 4.38. The van der Waals surface area contributed by atoms with Gasteiger partial charge in [-0.3, -0.25) is 14.5 Å². The Kier molecular flexibility index (Phi) is 36.6. The Hall–Kier alpha value is -1.22. The molecule has 0 aromatic heterocycles. The predicted octanol–water partition coefficient (Wildman–Crippen LogP) is 8.77. The first-order valence-corrected chi connectivity index (χ1v) is 21.6. The molecule has 0 saturated heterocycles. The molecule has 8 nitrogen and oxygen atoms in total. The average molecular weight is 711 g/mol. The van der Waals surface area contributed by atoms with Gasteiger partial charge in [0, 0.05) is 64.2 Å². The van der Waals surface area contributed by atoms with E-state index in [4.69, 9.17) is 0 Å². The van der Waals surface area contributed by atoms with Gasteiger partial charge in [-0.15, -0.1) is 0 Å². The molecule has 0 aliphatic heterocycles. The molecule has 0 saturated carbocycles. The molecule has 2 unspecified atom stereocenters. The first kappa shape index (κ1) is 48.8. The number of amides is 2. The monoisotopic (exact) mass is 711 g/mol. The fraction of sp³-hybridized carbons (Fsp3) is 0.952. The molecule has 0 aromatic carbocycles. The number of hydrogen-bond donors (Lipinski definition) is 4. The Labute approximate surface area is 310 Å². The SMILES string of the molecule is CCCCCCCCCCCCCC(C)NC(=O)CCN(CCC(=O)NC(C)CCCCCCCCCCCCC)CCN(CCO)CCO. The maximum atomic E-state index is 12.8. The summed E-state index contributed by atoms with van der Waals surface area (Å²) >= 11 is 0. The van der Waals surface area contributed by atoms with E-state index in [1.807, 2.05) is 4.90 Å². The lowest BCUT2D eigenvalue weighted by molar-refractivity contribution is -0.122. The van der Waals surface area contributed by atoms with Crippen LogP contribution in [-0.2, 0) is 9.59 Å². The van der Waals surface area contributed by atoms with Crippen LogP contribution in [0.5, 0.6) is 0 Å². The van der Waals surface area contributed by atoms with Crippen molar-refractivity contribution in [3.63, 3.8) is 0 Å². The number of rotatable bonds is 39. The van der Waals surface area contributed by atoms with E-state index in [9.17, 15) is 19.8 Å². The highest BCUT2D eigenvalue weighted by Gasteiger charge is 2.15. The number of nitrogens with one attached hydrogen (secondary N) is 2. The molecular weight excluding hydrogens is 624 g/mol. The lowest BCUT2D eigenvalue weighted by Crippen LogP contribution is -2.42. The standard InChI is InChI=1S/C42H86N4O4/c1-5-7-9-11-13-15-17-19-21-23-25-27-39(3)43-41(49)29-31-45(33-34-46(35-37-47)36-38-48)32-30-42(50)44-40(4)28-26-24-22-20-18-16-14-12-10-8-6-2/h39-40,47-48H,5-38H2,1-4H3,(H,43,49)(H,44,50). The van der Waals surface area contributed by atoms with Crippen molar-refractivity contribution >= 4 is 11.8 Å². The molecule has 50 heavy (non-hydrogen) atoms. The van der Waals surface area contributed by atoms with Crippen LogP contribution in [-0.4, -0.2) is 96.4 Å². The molecule has 8 heteroatoms. The first-order chi connectivity index (χ1) is 24.4. The van der Waals surface area contributed by atoms with E-state index in [2.05, 4.69) is 43.2 Å². The molecule has 0 radical (unpaired) electrons. The van der Waals surface area contributed by atoms with Crippen LogP contribution < -0.4 is 10.6 Å². The van der Waals surface area contributed by atoms with Crippen molar-refractivity contribution < 1.29 is 19.8 Å². The molecule has 2 atom stereocenters. The predicted molar refractivity (Wildman–Crippen MR) is 214 cm³/mol. The molecule has 0 fully saturated rings. The molecule has 0 aromatic rings. The second-order valence-corrected chi connectivity index (χ2v) is 15.2. The van der Waals surface area contributed by atoms with E-state index in [1.54, 1.807) is 0 Å². The maximum Gasteiger partial charge on any atom is 0.221 e. The Morgan fingerprint density at radius 2 is 0.720 bits per heavy atom. The number of unbranched alkanes of at least 4 members (excludes halogenated alkanes) is 20. The summed E-state index contributed by atoms with van der Waals surface area (Å²) in [6, 6.07) is 0.346. The highest BCUT2D eigenvalue weighted by Crippen LogP contribution is 2.14. The van der Waals surface area contributed by atoms with Gasteiger partial charge in [-0.05, 0) is 26.7 Å². The number of aliphatic hydroxyl groups excluding tert-OH is 2. The Bertz CT molecular complexity index is 685. The molecule has 0 bridgehead atoms. The van der Waals surface area contributed by atoms with Crippen molar-refractivity contribution in [1.29, 1.82) is 0 Å². The summed E-state index contributed by atoms with van der Waals surface area (Å²) in [7, 11) is 0. The number of carbonyl (C=O) groups is 2. The summed E-state index contributed by atoms with van der Waals surface area (Å²) in [6.07, 6.45) is 32.0. The molecule has 2 amide bonds. The van der Waals surface area contributed by atoms with Gasteiger partial charge in [-0.1, -0.05) is 155 Å². The van der Waals surface area contributed by atoms with Gasteiger partial charge in [0.15, 0.2) is 0 Å². The first-order valence-electron chi connectivity index (χ1n) is 21.6. The molecule has 4 N–H and O–H groups in total. The third-order valence-corrected chi connectivity index (χ3v) is 10.2. The fourth-order valence-electron chi connectivity index (χ4n) is 6.82. The summed E-state index contributed by atoms with van der Waals surface area (Å²) in [4.78, 5) is 29.9. The van der Waals surface area contributed by atoms with Crippen LogP contribution in [0, 0.1) is 0 Å². The normalized spacial score (nSPS) is 12.9. The van der Waals surface area contributed by atoms with Crippen LogP contribution in [0.25, 0.3) is 0 Å². The summed E-state index contributed by atoms with van der Waals surface area (Å²) in [5, 5.41) is 25.2. The summed E-state index contributed by atoms with van der Waals surface area (Å²) in [5.74, 6) is 0.136. The Morgan fingerprint density at radius 1 is 0.440 bits per heavy atom. The molecule has 0 rings (SSSR count). The molecular formula is C42H86N4O4. The van der Waals surface area contributed by atoms with Crippen LogP contribution in [0.1, 0.15) is 195 Å². The van der Waals surface area contributed by atoms with Gasteiger partial charge in [0.25, 0.3) is 0 Å². The minimum Gasteiger partial charge on any atom is -0.395 e. The summed E-state index contributed by atoms with van der Waals surface area (Å²) < 4.78 is 0. The van der Waals surface area contributed by atoms with E-state index >= 15 is 0 Å². The van der Waals surface area contributed by atoms with Crippen LogP contribution in [0.4, 0.5) is 0 Å². The lowest BCUT2D eigenvalue weighted by atomic mass is 10.0. The van der Waals surface area contributed by atoms with Crippen LogP contribution in [0.15, 0.2) is 0 Å². The van der Waals surface area contributed by atoms with Gasteiger partial charge in [-0.2, -0.15) is 0 Å². The van der Waals surface area contributed by atoms with Crippen molar-refractivity contribution in [3.05, 3.63) is 0 Å². The second-order valence-electron chi connectivity index (χ2n) is 15.2. The average Bonchev–Trinajstić information content (AvgIpc) is 3.09. The Morgan fingerprint density at radius 3 is 1.02 bits per heavy atom. The minimum atomic E-state index is 0.0405. The van der Waals surface area contributed by atoms with Crippen molar-refractivity contribution in [2.75, 3.05) is 52.5 Å². The highest BCUT2D eigenvalue weighted by atomic mass is 16.3. The highest BCUT2D eigenvalue weighted by molar-refractivity contribution is 5.77. The number of hydrogen-bond acceptors (Lipinski definition) is 6. The van der Waals surface area contributed by atoms with Crippen LogP contribution in [0.2, 0.25) is 0 Å². The van der Waals surface area contributed by atoms with Crippen molar-refractivity contribution in [2.24, 2.45) is 0 Å². The zero-order chi connectivity index (χ0) is 36.9. The molecule has 0 aliphatic carbocycles. The molecule has 0 spiro atoms. The third kappa shape index (κ3) is 33.9. The zero-order valence-corrected chi connectivity index (χ0v) is 33.8. The van der Waals surface area contributed by atoms with Gasteiger partial charge in [0.2, 0.25) is 11.8 Å². The number of carbonyl (C=O) groups excluding carboxylic acids is 2. The second kappa shape index (κ2) is 37.5. The largest absolute Gasteiger partial charge is 0.395 e. The fourth-order valence-corrected chi connectivity index (χ4v) is 6.82. The smallest absolute Gasteiger partial charge is 0.221 e. The van der Waals surface area contributed by atoms with E-state index in [-0.39, 0.29) is 37.1 Å². The van der Waals surface area contributed by atoms with Gasteiger partial charge in [-0.25, -0.2) is 0 Å². The van der Waals surface area contributed by atoms with Gasteiger partial charge >= 0.3 is 0 Å².